The summed E-state index contributed by atoms with van der Waals surface area (Å²) in [6, 6.07) is 9.86. The van der Waals surface area contributed by atoms with Crippen LogP contribution in [0.2, 0.25) is 0 Å². The highest BCUT2D eigenvalue weighted by molar-refractivity contribution is 5.96. The van der Waals surface area contributed by atoms with Gasteiger partial charge in [0, 0.05) is 5.69 Å². The fourth-order valence-corrected chi connectivity index (χ4v) is 4.17. The average molecular weight is 425 g/mol. The molecule has 0 spiro atoms. The van der Waals surface area contributed by atoms with Crippen LogP contribution in [0.25, 0.3) is 0 Å². The zero-order chi connectivity index (χ0) is 22.0. The Kier molecular flexibility index (Phi) is 6.08. The molecule has 0 bridgehead atoms. The zero-order valence-electron chi connectivity index (χ0n) is 17.8. The lowest BCUT2D eigenvalue weighted by Crippen LogP contribution is -2.40. The van der Waals surface area contributed by atoms with E-state index < -0.39 is 11.0 Å². The van der Waals surface area contributed by atoms with Crippen LogP contribution in [-0.2, 0) is 4.79 Å². The van der Waals surface area contributed by atoms with E-state index >= 15 is 0 Å². The van der Waals surface area contributed by atoms with Crippen LogP contribution in [0.1, 0.15) is 56.2 Å². The molecule has 0 saturated carbocycles. The van der Waals surface area contributed by atoms with Crippen LogP contribution in [0, 0.1) is 10.1 Å². The minimum absolute atomic E-state index is 0.0126. The molecule has 0 aromatic heterocycles. The molecule has 1 amide bonds. The summed E-state index contributed by atoms with van der Waals surface area (Å²) in [5.41, 5.74) is 2.04. The number of nitrogens with one attached hydrogen (secondary N) is 1. The molecule has 0 unspecified atom stereocenters. The van der Waals surface area contributed by atoms with Gasteiger partial charge in [0.1, 0.15) is 6.04 Å². The highest BCUT2D eigenvalue weighted by Crippen LogP contribution is 2.42. The van der Waals surface area contributed by atoms with Crippen LogP contribution in [-0.4, -0.2) is 35.6 Å². The number of anilines is 1. The van der Waals surface area contributed by atoms with Gasteiger partial charge in [-0.05, 0) is 55.6 Å². The third-order valence-corrected chi connectivity index (χ3v) is 5.86. The molecule has 8 nitrogen and oxygen atoms in total. The van der Waals surface area contributed by atoms with E-state index in [9.17, 15) is 14.9 Å². The topological polar surface area (TPSA) is 93.9 Å². The van der Waals surface area contributed by atoms with E-state index in [0.717, 1.165) is 19.3 Å². The van der Waals surface area contributed by atoms with Crippen molar-refractivity contribution in [1.82, 2.24) is 4.90 Å². The van der Waals surface area contributed by atoms with Crippen molar-refractivity contribution in [2.24, 2.45) is 0 Å². The molecule has 2 aromatic rings. The van der Waals surface area contributed by atoms with Crippen molar-refractivity contribution in [2.45, 2.75) is 45.1 Å². The summed E-state index contributed by atoms with van der Waals surface area (Å²) in [5.74, 6) is 0.859. The Morgan fingerprint density at radius 3 is 2.32 bits per heavy atom. The standard InChI is InChI=1S/C23H27N3O5/c1-15(2)16-6-8-17(9-7-16)24-23(27)22(25-10-4-3-5-11-25)18-12-20-21(31-14-30-20)13-19(18)26(28)29/h6-9,12-13,15,22H,3-5,10-11,14H2,1-2H3,(H,24,27)/t22-/m0/s1. The lowest BCUT2D eigenvalue weighted by molar-refractivity contribution is -0.385. The molecule has 1 N–H and O–H groups in total. The second-order valence-electron chi connectivity index (χ2n) is 8.29. The number of amides is 1. The second-order valence-corrected chi connectivity index (χ2v) is 8.29. The van der Waals surface area contributed by atoms with Crippen molar-refractivity contribution in [1.29, 1.82) is 0 Å². The molecule has 1 atom stereocenters. The van der Waals surface area contributed by atoms with Gasteiger partial charge in [-0.25, -0.2) is 0 Å². The van der Waals surface area contributed by atoms with E-state index in [1.54, 1.807) is 6.07 Å². The predicted octanol–water partition coefficient (Wildman–Crippen LogP) is 4.61. The van der Waals surface area contributed by atoms with E-state index in [1.165, 1.54) is 11.6 Å². The van der Waals surface area contributed by atoms with E-state index in [2.05, 4.69) is 19.2 Å². The van der Waals surface area contributed by atoms with E-state index in [-0.39, 0.29) is 18.4 Å². The predicted molar refractivity (Wildman–Crippen MR) is 117 cm³/mol. The molecule has 2 aromatic carbocycles. The van der Waals surface area contributed by atoms with Crippen LogP contribution in [0.15, 0.2) is 36.4 Å². The van der Waals surface area contributed by atoms with Crippen molar-refractivity contribution < 1.29 is 19.2 Å². The molecular formula is C23H27N3O5. The number of hydrogen-bond acceptors (Lipinski definition) is 6. The van der Waals surface area contributed by atoms with Gasteiger partial charge < -0.3 is 14.8 Å². The second kappa shape index (κ2) is 8.93. The quantitative estimate of drug-likeness (QED) is 0.536. The van der Waals surface area contributed by atoms with Gasteiger partial charge >= 0.3 is 0 Å². The SMILES string of the molecule is CC(C)c1ccc(NC(=O)[C@H](c2cc3c(cc2[N+](=O)[O-])OCO3)N2CCCCC2)cc1. The summed E-state index contributed by atoms with van der Waals surface area (Å²) in [4.78, 5) is 26.9. The third-order valence-electron chi connectivity index (χ3n) is 5.86. The molecule has 31 heavy (non-hydrogen) atoms. The van der Waals surface area contributed by atoms with Crippen LogP contribution in [0.5, 0.6) is 11.5 Å². The van der Waals surface area contributed by atoms with E-state index in [1.807, 2.05) is 29.2 Å². The van der Waals surface area contributed by atoms with Crippen molar-refractivity contribution in [2.75, 3.05) is 25.2 Å². The molecule has 2 heterocycles. The largest absolute Gasteiger partial charge is 0.454 e. The monoisotopic (exact) mass is 425 g/mol. The number of benzene rings is 2. The zero-order valence-corrected chi connectivity index (χ0v) is 17.8. The number of nitrogens with zero attached hydrogens (tertiary/aromatic N) is 2. The first-order valence-electron chi connectivity index (χ1n) is 10.7. The fraction of sp³-hybridized carbons (Fsp3) is 0.435. The summed E-state index contributed by atoms with van der Waals surface area (Å²) in [7, 11) is 0. The molecule has 0 radical (unpaired) electrons. The number of nitro groups is 1. The Bertz CT molecular complexity index is 968. The van der Waals surface area contributed by atoms with Crippen molar-refractivity contribution in [3.8, 4) is 11.5 Å². The molecule has 2 aliphatic heterocycles. The van der Waals surface area contributed by atoms with Crippen LogP contribution >= 0.6 is 0 Å². The molecule has 4 rings (SSSR count). The summed E-state index contributed by atoms with van der Waals surface area (Å²) in [5, 5.41) is 14.8. The molecular weight excluding hydrogens is 398 g/mol. The first kappa shape index (κ1) is 21.1. The molecule has 1 fully saturated rings. The maximum Gasteiger partial charge on any atom is 0.278 e. The van der Waals surface area contributed by atoms with Crippen molar-refractivity contribution in [3.05, 3.63) is 57.6 Å². The summed E-state index contributed by atoms with van der Waals surface area (Å²) in [6.45, 7) is 5.64. The van der Waals surface area contributed by atoms with Gasteiger partial charge in [-0.3, -0.25) is 19.8 Å². The van der Waals surface area contributed by atoms with Gasteiger partial charge in [0.2, 0.25) is 12.7 Å². The molecule has 164 valence electrons. The van der Waals surface area contributed by atoms with Crippen LogP contribution < -0.4 is 14.8 Å². The van der Waals surface area contributed by atoms with Gasteiger partial charge in [0.05, 0.1) is 16.6 Å². The Labute approximate surface area is 181 Å². The Morgan fingerprint density at radius 1 is 1.06 bits per heavy atom. The van der Waals surface area contributed by atoms with Gasteiger partial charge in [0.25, 0.3) is 5.69 Å². The number of carbonyl (C=O) groups excluding carboxylic acids is 1. The van der Waals surface area contributed by atoms with Crippen LogP contribution in [0.3, 0.4) is 0 Å². The molecule has 1 saturated heterocycles. The maximum absolute atomic E-state index is 13.5. The Balaban J connectivity index is 1.69. The average Bonchev–Trinajstić information content (AvgIpc) is 3.22. The van der Waals surface area contributed by atoms with Crippen molar-refractivity contribution >= 4 is 17.3 Å². The molecule has 8 heteroatoms. The summed E-state index contributed by atoms with van der Waals surface area (Å²) >= 11 is 0. The van der Waals surface area contributed by atoms with Gasteiger partial charge in [-0.15, -0.1) is 0 Å². The number of fused-ring (bicyclic) bond motifs is 1. The first-order valence-corrected chi connectivity index (χ1v) is 10.7. The number of nitro benzene ring substituents is 1. The Morgan fingerprint density at radius 2 is 1.71 bits per heavy atom. The molecule has 0 aliphatic carbocycles. The summed E-state index contributed by atoms with van der Waals surface area (Å²) in [6.07, 6.45) is 2.99. The first-order chi connectivity index (χ1) is 14.9. The minimum atomic E-state index is -0.792. The number of rotatable bonds is 6. The lowest BCUT2D eigenvalue weighted by atomic mass is 9.98. The number of likely N-dealkylation sites (tertiary alicyclic amines) is 1. The fourth-order valence-electron chi connectivity index (χ4n) is 4.17. The van der Waals surface area contributed by atoms with E-state index in [0.29, 0.717) is 41.8 Å². The maximum atomic E-state index is 13.5. The molecule has 2 aliphatic rings. The Hall–Kier alpha value is -3.13. The number of carbonyl (C=O) groups is 1. The van der Waals surface area contributed by atoms with Gasteiger partial charge in [-0.2, -0.15) is 0 Å². The summed E-state index contributed by atoms with van der Waals surface area (Å²) < 4.78 is 10.8. The smallest absolute Gasteiger partial charge is 0.278 e. The number of ether oxygens (including phenoxy) is 2. The lowest BCUT2D eigenvalue weighted by Gasteiger charge is -2.33. The number of piperidine rings is 1. The highest BCUT2D eigenvalue weighted by atomic mass is 16.7. The highest BCUT2D eigenvalue weighted by Gasteiger charge is 2.36. The van der Waals surface area contributed by atoms with Crippen LogP contribution in [0.4, 0.5) is 11.4 Å². The van der Waals surface area contributed by atoms with Crippen molar-refractivity contribution in [3.63, 3.8) is 0 Å². The third kappa shape index (κ3) is 4.49. The number of hydrogen-bond donors (Lipinski definition) is 1. The minimum Gasteiger partial charge on any atom is -0.454 e. The van der Waals surface area contributed by atoms with Gasteiger partial charge in [0.15, 0.2) is 11.5 Å². The van der Waals surface area contributed by atoms with E-state index in [4.69, 9.17) is 9.47 Å². The normalized spacial score (nSPS) is 16.9. The van der Waals surface area contributed by atoms with Gasteiger partial charge in [-0.1, -0.05) is 32.4 Å².